The second-order valence-electron chi connectivity index (χ2n) is 4.71. The maximum Gasteiger partial charge on any atom is 0.193 e. The summed E-state index contributed by atoms with van der Waals surface area (Å²) in [6.07, 6.45) is 3.46. The van der Waals surface area contributed by atoms with Gasteiger partial charge in [0.1, 0.15) is 0 Å². The Balaban J connectivity index is 1.76. The zero-order valence-corrected chi connectivity index (χ0v) is 11.5. The van der Waals surface area contributed by atoms with E-state index in [9.17, 15) is 0 Å². The van der Waals surface area contributed by atoms with Gasteiger partial charge in [0, 0.05) is 10.6 Å². The lowest BCUT2D eigenvalue weighted by Crippen LogP contribution is -2.24. The highest BCUT2D eigenvalue weighted by molar-refractivity contribution is 7.10. The molecule has 0 saturated carbocycles. The van der Waals surface area contributed by atoms with Gasteiger partial charge in [0.2, 0.25) is 0 Å². The van der Waals surface area contributed by atoms with E-state index in [0.29, 0.717) is 5.96 Å². The number of benzene rings is 1. The second-order valence-corrected chi connectivity index (χ2v) is 5.71. The van der Waals surface area contributed by atoms with E-state index in [-0.39, 0.29) is 6.04 Å². The van der Waals surface area contributed by atoms with Crippen LogP contribution in [0.4, 0.5) is 5.69 Å². The van der Waals surface area contributed by atoms with Gasteiger partial charge in [-0.1, -0.05) is 18.2 Å². The van der Waals surface area contributed by atoms with Gasteiger partial charge in [0.15, 0.2) is 5.96 Å². The Bertz CT molecular complexity index is 574. The Morgan fingerprint density at radius 1 is 1.26 bits per heavy atom. The minimum Gasteiger partial charge on any atom is -0.370 e. The predicted molar refractivity (Wildman–Crippen MR) is 81.7 cm³/mol. The summed E-state index contributed by atoms with van der Waals surface area (Å²) in [6.45, 7) is 0. The number of guanidine groups is 1. The van der Waals surface area contributed by atoms with E-state index in [1.807, 2.05) is 41.7 Å². The molecule has 1 aliphatic rings. The largest absolute Gasteiger partial charge is 0.370 e. The monoisotopic (exact) mass is 271 g/mol. The van der Waals surface area contributed by atoms with E-state index < -0.39 is 0 Å². The number of nitrogens with one attached hydrogen (secondary N) is 1. The third-order valence-electron chi connectivity index (χ3n) is 3.36. The first-order valence-electron chi connectivity index (χ1n) is 6.54. The normalized spacial score (nSPS) is 18.9. The van der Waals surface area contributed by atoms with Crippen molar-refractivity contribution in [2.45, 2.75) is 25.3 Å². The molecular formula is C15H17N3S. The molecule has 0 spiro atoms. The topological polar surface area (TPSA) is 50.4 Å². The van der Waals surface area contributed by atoms with Crippen LogP contribution in [0.1, 0.15) is 29.3 Å². The summed E-state index contributed by atoms with van der Waals surface area (Å²) in [6, 6.07) is 12.3. The fourth-order valence-electron chi connectivity index (χ4n) is 2.47. The molecule has 0 bridgehead atoms. The van der Waals surface area contributed by atoms with Crippen molar-refractivity contribution in [3.05, 3.63) is 52.2 Å². The van der Waals surface area contributed by atoms with E-state index in [1.165, 1.54) is 23.3 Å². The van der Waals surface area contributed by atoms with Gasteiger partial charge in [-0.15, -0.1) is 11.3 Å². The SMILES string of the molecule is NC(=NC1CCCc2sccc21)Nc1ccccc1. The molecule has 98 valence electrons. The summed E-state index contributed by atoms with van der Waals surface area (Å²) >= 11 is 1.83. The summed E-state index contributed by atoms with van der Waals surface area (Å²) in [5.41, 5.74) is 8.34. The minimum atomic E-state index is 0.214. The van der Waals surface area contributed by atoms with Crippen LogP contribution in [-0.4, -0.2) is 5.96 Å². The summed E-state index contributed by atoms with van der Waals surface area (Å²) in [4.78, 5) is 6.10. The molecule has 3 N–H and O–H groups in total. The number of rotatable bonds is 2. The number of thiophene rings is 1. The van der Waals surface area contributed by atoms with E-state index >= 15 is 0 Å². The van der Waals surface area contributed by atoms with Crippen molar-refractivity contribution in [3.63, 3.8) is 0 Å². The third kappa shape index (κ3) is 2.79. The first-order valence-corrected chi connectivity index (χ1v) is 7.42. The van der Waals surface area contributed by atoms with E-state index in [4.69, 9.17) is 5.73 Å². The Morgan fingerprint density at radius 2 is 2.11 bits per heavy atom. The van der Waals surface area contributed by atoms with Crippen LogP contribution in [0.25, 0.3) is 0 Å². The molecule has 1 atom stereocenters. The number of aryl methyl sites for hydroxylation is 1. The highest BCUT2D eigenvalue weighted by Crippen LogP contribution is 2.35. The lowest BCUT2D eigenvalue weighted by atomic mass is 9.95. The van der Waals surface area contributed by atoms with Crippen molar-refractivity contribution in [1.29, 1.82) is 0 Å². The molecule has 0 fully saturated rings. The van der Waals surface area contributed by atoms with E-state index in [1.54, 1.807) is 0 Å². The molecule has 0 amide bonds. The molecule has 3 rings (SSSR count). The van der Waals surface area contributed by atoms with Gasteiger partial charge in [-0.25, -0.2) is 4.99 Å². The smallest absolute Gasteiger partial charge is 0.193 e. The number of aliphatic imine (C=N–C) groups is 1. The number of nitrogens with two attached hydrogens (primary N) is 1. The van der Waals surface area contributed by atoms with Gasteiger partial charge in [-0.3, -0.25) is 0 Å². The van der Waals surface area contributed by atoms with Crippen molar-refractivity contribution in [3.8, 4) is 0 Å². The molecule has 1 aromatic carbocycles. The summed E-state index contributed by atoms with van der Waals surface area (Å²) in [5, 5.41) is 5.30. The van der Waals surface area contributed by atoms with Crippen molar-refractivity contribution in [1.82, 2.24) is 0 Å². The number of anilines is 1. The van der Waals surface area contributed by atoms with Crippen LogP contribution >= 0.6 is 11.3 Å². The molecule has 0 saturated heterocycles. The maximum absolute atomic E-state index is 6.00. The number of nitrogens with zero attached hydrogens (tertiary/aromatic N) is 1. The first-order chi connectivity index (χ1) is 9.33. The van der Waals surface area contributed by atoms with Crippen LogP contribution in [-0.2, 0) is 6.42 Å². The van der Waals surface area contributed by atoms with Crippen molar-refractivity contribution in [2.24, 2.45) is 10.7 Å². The fourth-order valence-corrected chi connectivity index (χ4v) is 3.45. The number of fused-ring (bicyclic) bond motifs is 1. The molecule has 1 aliphatic carbocycles. The lowest BCUT2D eigenvalue weighted by Gasteiger charge is -2.19. The number of para-hydroxylation sites is 1. The molecular weight excluding hydrogens is 254 g/mol. The Labute approximate surface area is 117 Å². The molecule has 3 nitrogen and oxygen atoms in total. The van der Waals surface area contributed by atoms with Crippen LogP contribution in [0.15, 0.2) is 46.8 Å². The Kier molecular flexibility index (Phi) is 3.51. The van der Waals surface area contributed by atoms with Gasteiger partial charge in [0.05, 0.1) is 6.04 Å². The average Bonchev–Trinajstić information content (AvgIpc) is 2.89. The Hall–Kier alpha value is -1.81. The quantitative estimate of drug-likeness (QED) is 0.648. The van der Waals surface area contributed by atoms with Crippen molar-refractivity contribution in [2.75, 3.05) is 5.32 Å². The van der Waals surface area contributed by atoms with Crippen LogP contribution in [0.5, 0.6) is 0 Å². The Morgan fingerprint density at radius 3 is 2.95 bits per heavy atom. The van der Waals surface area contributed by atoms with Gasteiger partial charge in [-0.2, -0.15) is 0 Å². The molecule has 0 radical (unpaired) electrons. The fraction of sp³-hybridized carbons (Fsp3) is 0.267. The van der Waals surface area contributed by atoms with Crippen LogP contribution in [0, 0.1) is 0 Å². The molecule has 19 heavy (non-hydrogen) atoms. The maximum atomic E-state index is 6.00. The third-order valence-corrected chi connectivity index (χ3v) is 4.36. The van der Waals surface area contributed by atoms with Gasteiger partial charge < -0.3 is 11.1 Å². The molecule has 0 aliphatic heterocycles. The second kappa shape index (κ2) is 5.45. The van der Waals surface area contributed by atoms with Crippen LogP contribution in [0.2, 0.25) is 0 Å². The zero-order valence-electron chi connectivity index (χ0n) is 10.7. The standard InChI is InChI=1S/C15H17N3S/c16-15(17-11-5-2-1-3-6-11)18-13-7-4-8-14-12(13)9-10-19-14/h1-3,5-6,9-10,13H,4,7-8H2,(H3,16,17,18). The van der Waals surface area contributed by atoms with Gasteiger partial charge in [-0.05, 0) is 48.4 Å². The molecule has 1 heterocycles. The molecule has 1 aromatic heterocycles. The number of hydrogen-bond acceptors (Lipinski definition) is 2. The molecule has 2 aromatic rings. The summed E-state index contributed by atoms with van der Waals surface area (Å²) in [7, 11) is 0. The van der Waals surface area contributed by atoms with E-state index in [2.05, 4.69) is 21.8 Å². The summed E-state index contributed by atoms with van der Waals surface area (Å²) in [5.74, 6) is 0.496. The average molecular weight is 271 g/mol. The van der Waals surface area contributed by atoms with Crippen molar-refractivity contribution < 1.29 is 0 Å². The highest BCUT2D eigenvalue weighted by Gasteiger charge is 2.20. The molecule has 4 heteroatoms. The number of hydrogen-bond donors (Lipinski definition) is 2. The van der Waals surface area contributed by atoms with Crippen molar-refractivity contribution >= 4 is 23.0 Å². The molecule has 1 unspecified atom stereocenters. The summed E-state index contributed by atoms with van der Waals surface area (Å²) < 4.78 is 0. The minimum absolute atomic E-state index is 0.214. The lowest BCUT2D eigenvalue weighted by molar-refractivity contribution is 0.580. The van der Waals surface area contributed by atoms with Gasteiger partial charge >= 0.3 is 0 Å². The van der Waals surface area contributed by atoms with Crippen LogP contribution < -0.4 is 11.1 Å². The highest BCUT2D eigenvalue weighted by atomic mass is 32.1. The predicted octanol–water partition coefficient (Wildman–Crippen LogP) is 3.55. The van der Waals surface area contributed by atoms with Gasteiger partial charge in [0.25, 0.3) is 0 Å². The first kappa shape index (κ1) is 12.2. The van der Waals surface area contributed by atoms with E-state index in [0.717, 1.165) is 12.1 Å². The zero-order chi connectivity index (χ0) is 13.1. The van der Waals surface area contributed by atoms with Crippen LogP contribution in [0.3, 0.4) is 0 Å².